The Morgan fingerprint density at radius 2 is 2.14 bits per heavy atom. The number of ketones is 1. The van der Waals surface area contributed by atoms with Gasteiger partial charge >= 0.3 is 0 Å². The van der Waals surface area contributed by atoms with E-state index < -0.39 is 18.6 Å². The van der Waals surface area contributed by atoms with E-state index in [-0.39, 0.29) is 30.2 Å². The number of pyridine rings is 2. The molecule has 1 aliphatic rings. The Bertz CT molecular complexity index is 1520. The van der Waals surface area contributed by atoms with Crippen molar-refractivity contribution in [3.63, 3.8) is 0 Å². The molecule has 0 aliphatic heterocycles. The number of nitrogens with zero attached hydrogens (tertiary/aromatic N) is 4. The summed E-state index contributed by atoms with van der Waals surface area (Å²) in [5.41, 5.74) is 8.62. The van der Waals surface area contributed by atoms with Crippen LogP contribution in [0.25, 0.3) is 16.8 Å². The maximum Gasteiger partial charge on any atom is 0.240 e. The molecule has 0 saturated heterocycles. The zero-order chi connectivity index (χ0) is 27.0. The molecule has 0 radical (unpaired) electrons. The molecule has 0 spiro atoms. The summed E-state index contributed by atoms with van der Waals surface area (Å²) in [6.45, 7) is 2.32. The van der Waals surface area contributed by atoms with Gasteiger partial charge in [-0.25, -0.2) is 13.9 Å². The van der Waals surface area contributed by atoms with Gasteiger partial charge in [-0.05, 0) is 79.1 Å². The number of methoxy groups -OCH3 is 1. The minimum atomic E-state index is -2.80. The monoisotopic (exact) mass is 478 g/mol. The summed E-state index contributed by atoms with van der Waals surface area (Å²) in [7, 11) is -2.80. The minimum Gasteiger partial charge on any atom is -0.493 e. The number of fused-ring (bicyclic) bond motifs is 1. The minimum absolute atomic E-state index is 0.00746. The number of rotatable bonds is 9. The van der Waals surface area contributed by atoms with Crippen LogP contribution in [0.3, 0.4) is 0 Å². The first kappa shape index (κ1) is 19.3. The lowest BCUT2D eigenvalue weighted by molar-refractivity contribution is 0.0979. The SMILES string of the molecule is [2H]C([2H])([2H])Oc1ncc(-c2ccn3nc(N)nc3c2)cc1C(=O)CCc1cc(F)cc(C)c1OCC1CC1. The lowest BCUT2D eigenvalue weighted by atomic mass is 9.99. The number of aryl methyl sites for hydroxylation is 2. The summed E-state index contributed by atoms with van der Waals surface area (Å²) >= 11 is 0. The highest BCUT2D eigenvalue weighted by Crippen LogP contribution is 2.33. The highest BCUT2D eigenvalue weighted by Gasteiger charge is 2.23. The predicted molar refractivity (Wildman–Crippen MR) is 129 cm³/mol. The molecule has 1 aliphatic carbocycles. The van der Waals surface area contributed by atoms with Crippen LogP contribution in [0, 0.1) is 18.7 Å². The molecule has 2 N–H and O–H groups in total. The first-order chi connectivity index (χ1) is 18.1. The number of ether oxygens (including phenoxy) is 2. The van der Waals surface area contributed by atoms with Crippen molar-refractivity contribution in [3.8, 4) is 22.8 Å². The van der Waals surface area contributed by atoms with E-state index in [0.717, 1.165) is 12.8 Å². The van der Waals surface area contributed by atoms with Gasteiger partial charge in [0.15, 0.2) is 11.4 Å². The number of aromatic nitrogens is 4. The lowest BCUT2D eigenvalue weighted by Gasteiger charge is -2.15. The van der Waals surface area contributed by atoms with Gasteiger partial charge in [0.05, 0.1) is 23.3 Å². The Kier molecular flexibility index (Phi) is 5.15. The highest BCUT2D eigenvalue weighted by atomic mass is 19.1. The zero-order valence-electron chi connectivity index (χ0n) is 22.1. The normalized spacial score (nSPS) is 14.9. The van der Waals surface area contributed by atoms with Gasteiger partial charge in [-0.2, -0.15) is 4.98 Å². The van der Waals surface area contributed by atoms with Crippen LogP contribution < -0.4 is 15.2 Å². The number of hydrogen-bond acceptors (Lipinski definition) is 7. The third-order valence-corrected chi connectivity index (χ3v) is 6.03. The molecule has 8 nitrogen and oxygen atoms in total. The van der Waals surface area contributed by atoms with Crippen LogP contribution in [-0.4, -0.2) is 39.0 Å². The number of nitrogen functional groups attached to an aromatic ring is 1. The van der Waals surface area contributed by atoms with Crippen molar-refractivity contribution in [3.05, 3.63) is 65.2 Å². The maximum absolute atomic E-state index is 14.2. The zero-order valence-corrected chi connectivity index (χ0v) is 19.1. The van der Waals surface area contributed by atoms with Crippen molar-refractivity contribution >= 4 is 17.4 Å². The average molecular weight is 479 g/mol. The average Bonchev–Trinajstić information content (AvgIpc) is 3.59. The molecule has 9 heteroatoms. The number of benzene rings is 1. The fraction of sp³-hybridized carbons (Fsp3) is 0.308. The van der Waals surface area contributed by atoms with E-state index in [4.69, 9.17) is 19.3 Å². The van der Waals surface area contributed by atoms with Crippen LogP contribution in [-0.2, 0) is 6.42 Å². The van der Waals surface area contributed by atoms with Crippen LogP contribution in [0.2, 0.25) is 0 Å². The number of hydrogen-bond donors (Lipinski definition) is 1. The topological polar surface area (TPSA) is 105 Å². The number of carbonyl (C=O) groups is 1. The smallest absolute Gasteiger partial charge is 0.240 e. The van der Waals surface area contributed by atoms with Crippen molar-refractivity contribution in [2.45, 2.75) is 32.6 Å². The first-order valence-electron chi connectivity index (χ1n) is 12.8. The van der Waals surface area contributed by atoms with E-state index in [1.54, 1.807) is 25.3 Å². The second-order valence-corrected chi connectivity index (χ2v) is 8.76. The molecule has 0 atom stereocenters. The third kappa shape index (κ3) is 4.94. The van der Waals surface area contributed by atoms with Gasteiger partial charge in [-0.15, -0.1) is 5.10 Å². The van der Waals surface area contributed by atoms with E-state index in [0.29, 0.717) is 46.2 Å². The first-order valence-corrected chi connectivity index (χ1v) is 11.3. The molecule has 3 aromatic heterocycles. The number of nitrogens with two attached hydrogens (primary N) is 1. The molecule has 1 fully saturated rings. The number of anilines is 1. The van der Waals surface area contributed by atoms with Gasteiger partial charge in [0.25, 0.3) is 0 Å². The molecule has 0 amide bonds. The van der Waals surface area contributed by atoms with Gasteiger partial charge < -0.3 is 15.2 Å². The van der Waals surface area contributed by atoms with E-state index in [9.17, 15) is 9.18 Å². The predicted octanol–water partition coefficient (Wildman–Crippen LogP) is 4.43. The van der Waals surface area contributed by atoms with Crippen LogP contribution in [0.1, 0.15) is 44.9 Å². The largest absolute Gasteiger partial charge is 0.493 e. The molecular formula is C26H26FN5O3. The summed E-state index contributed by atoms with van der Waals surface area (Å²) in [6, 6.07) is 7.77. The maximum atomic E-state index is 14.2. The second kappa shape index (κ2) is 9.32. The molecule has 4 aromatic rings. The van der Waals surface area contributed by atoms with Crippen molar-refractivity contribution in [1.82, 2.24) is 19.6 Å². The van der Waals surface area contributed by atoms with E-state index in [1.807, 2.05) is 0 Å². The number of halogens is 1. The van der Waals surface area contributed by atoms with Crippen LogP contribution in [0.15, 0.2) is 42.7 Å². The summed E-state index contributed by atoms with van der Waals surface area (Å²) < 4.78 is 49.2. The van der Waals surface area contributed by atoms with Gasteiger partial charge in [0.2, 0.25) is 11.8 Å². The Morgan fingerprint density at radius 3 is 2.94 bits per heavy atom. The standard InChI is InChI=1S/C26H26FN5O3/c1-15-9-20(27)10-18(24(15)35-14-16-3-4-16)5-6-22(33)21-11-19(13-29-25(21)34-2)17-7-8-32-23(12-17)30-26(28)31-32/h7-13,16H,3-6,14H2,1-2H3,(H2,28,31)/i2D3. The summed E-state index contributed by atoms with van der Waals surface area (Å²) in [6.07, 6.45) is 5.47. The summed E-state index contributed by atoms with van der Waals surface area (Å²) in [4.78, 5) is 21.7. The fourth-order valence-electron chi connectivity index (χ4n) is 4.03. The summed E-state index contributed by atoms with van der Waals surface area (Å²) in [5.74, 6) is 0.0937. The number of Topliss-reactive ketones (excluding diaryl/α,β-unsaturated/α-hetero) is 1. The molecule has 5 rings (SSSR count). The van der Waals surface area contributed by atoms with Gasteiger partial charge in [-0.1, -0.05) is 0 Å². The highest BCUT2D eigenvalue weighted by molar-refractivity contribution is 5.99. The number of carbonyl (C=O) groups excluding carboxylic acids is 1. The van der Waals surface area contributed by atoms with E-state index >= 15 is 0 Å². The van der Waals surface area contributed by atoms with Crippen molar-refractivity contribution < 1.29 is 22.8 Å². The van der Waals surface area contributed by atoms with Gasteiger partial charge in [0.1, 0.15) is 11.6 Å². The van der Waals surface area contributed by atoms with E-state index in [1.165, 1.54) is 28.9 Å². The van der Waals surface area contributed by atoms with Crippen LogP contribution >= 0.6 is 0 Å². The lowest BCUT2D eigenvalue weighted by Crippen LogP contribution is -2.08. The Morgan fingerprint density at radius 1 is 1.29 bits per heavy atom. The van der Waals surface area contributed by atoms with Gasteiger partial charge in [-0.3, -0.25) is 4.79 Å². The Labute approximate surface area is 206 Å². The Balaban J connectivity index is 1.44. The molecular weight excluding hydrogens is 449 g/mol. The molecule has 1 aromatic carbocycles. The molecule has 35 heavy (non-hydrogen) atoms. The second-order valence-electron chi connectivity index (χ2n) is 8.76. The van der Waals surface area contributed by atoms with Crippen LogP contribution in [0.5, 0.6) is 11.6 Å². The van der Waals surface area contributed by atoms with Crippen LogP contribution in [0.4, 0.5) is 10.3 Å². The van der Waals surface area contributed by atoms with Crippen molar-refractivity contribution in [2.75, 3.05) is 19.4 Å². The molecule has 0 unspecified atom stereocenters. The van der Waals surface area contributed by atoms with Crippen molar-refractivity contribution in [2.24, 2.45) is 5.92 Å². The molecule has 0 bridgehead atoms. The third-order valence-electron chi connectivity index (χ3n) is 6.03. The molecule has 1 saturated carbocycles. The quantitative estimate of drug-likeness (QED) is 0.355. The fourth-order valence-corrected chi connectivity index (χ4v) is 4.03. The van der Waals surface area contributed by atoms with Crippen molar-refractivity contribution in [1.29, 1.82) is 0 Å². The Hall–Kier alpha value is -4.01. The van der Waals surface area contributed by atoms with Gasteiger partial charge in [0, 0.05) is 24.4 Å². The molecule has 180 valence electrons. The summed E-state index contributed by atoms with van der Waals surface area (Å²) in [5, 5.41) is 4.04. The molecule has 3 heterocycles. The van der Waals surface area contributed by atoms with E-state index in [2.05, 4.69) is 15.1 Å².